The molecule has 0 saturated heterocycles. The fourth-order valence-corrected chi connectivity index (χ4v) is 1.72. The minimum atomic E-state index is -1.09. The molecule has 0 bridgehead atoms. The van der Waals surface area contributed by atoms with Gasteiger partial charge in [0.25, 0.3) is 0 Å². The number of amides is 1. The molecule has 0 aromatic heterocycles. The third-order valence-corrected chi connectivity index (χ3v) is 2.84. The zero-order valence-corrected chi connectivity index (χ0v) is 11.1. The first-order valence-corrected chi connectivity index (χ1v) is 6.14. The van der Waals surface area contributed by atoms with Crippen LogP contribution in [0.3, 0.4) is 0 Å². The number of carbonyl (C=O) groups excluding carboxylic acids is 1. The van der Waals surface area contributed by atoms with Gasteiger partial charge in [-0.25, -0.2) is 4.79 Å². The number of nitrogen functional groups attached to an aromatic ring is 1. The number of carboxylic acids is 1. The molecule has 6 nitrogen and oxygen atoms in total. The van der Waals surface area contributed by atoms with Crippen LogP contribution in [0.25, 0.3) is 0 Å². The molecule has 1 aromatic rings. The molecule has 6 heteroatoms. The Hall–Kier alpha value is -2.24. The second-order valence-corrected chi connectivity index (χ2v) is 4.03. The quantitative estimate of drug-likeness (QED) is 0.673. The molecule has 4 N–H and O–H groups in total. The molecule has 1 rings (SSSR count). The summed E-state index contributed by atoms with van der Waals surface area (Å²) in [6.45, 7) is 5.25. The highest BCUT2D eigenvalue weighted by molar-refractivity contribution is 5.95. The molecule has 0 aliphatic carbocycles. The van der Waals surface area contributed by atoms with E-state index in [1.165, 1.54) is 12.1 Å². The second kappa shape index (κ2) is 6.63. The lowest BCUT2D eigenvalue weighted by molar-refractivity contribution is -0.128. The third-order valence-electron chi connectivity index (χ3n) is 2.84. The summed E-state index contributed by atoms with van der Waals surface area (Å²) in [5.74, 6) is -1.12. The van der Waals surface area contributed by atoms with Gasteiger partial charge in [0.05, 0.1) is 12.1 Å². The van der Waals surface area contributed by atoms with Gasteiger partial charge in [0.15, 0.2) is 0 Å². The highest BCUT2D eigenvalue weighted by Gasteiger charge is 2.11. The molecule has 0 aliphatic heterocycles. The van der Waals surface area contributed by atoms with Crippen LogP contribution in [0.4, 0.5) is 11.4 Å². The maximum atomic E-state index is 11.8. The normalized spacial score (nSPS) is 10.0. The van der Waals surface area contributed by atoms with Crippen LogP contribution in [0.1, 0.15) is 24.2 Å². The summed E-state index contributed by atoms with van der Waals surface area (Å²) in [7, 11) is 0. The van der Waals surface area contributed by atoms with Gasteiger partial charge < -0.3 is 21.1 Å². The average molecular weight is 265 g/mol. The first-order valence-electron chi connectivity index (χ1n) is 6.14. The number of nitrogens with one attached hydrogen (secondary N) is 1. The zero-order chi connectivity index (χ0) is 14.4. The Morgan fingerprint density at radius 1 is 1.32 bits per heavy atom. The number of nitrogens with zero attached hydrogens (tertiary/aromatic N) is 1. The predicted octanol–water partition coefficient (Wildman–Crippen LogP) is 1.25. The zero-order valence-electron chi connectivity index (χ0n) is 11.1. The first-order chi connectivity index (χ1) is 8.99. The number of carboxylic acid groups (broad SMARTS) is 1. The van der Waals surface area contributed by atoms with Crippen LogP contribution in [-0.4, -0.2) is 41.5 Å². The summed E-state index contributed by atoms with van der Waals surface area (Å²) in [6, 6.07) is 4.58. The van der Waals surface area contributed by atoms with Gasteiger partial charge in [-0.3, -0.25) is 4.79 Å². The predicted molar refractivity (Wildman–Crippen MR) is 74.2 cm³/mol. The molecule has 0 atom stereocenters. The lowest BCUT2D eigenvalue weighted by atomic mass is 10.1. The number of likely N-dealkylation sites (N-methyl/N-ethyl adjacent to an activating group) is 1. The van der Waals surface area contributed by atoms with E-state index >= 15 is 0 Å². The summed E-state index contributed by atoms with van der Waals surface area (Å²) in [6.07, 6.45) is 0. The van der Waals surface area contributed by atoms with E-state index in [0.717, 1.165) is 0 Å². The largest absolute Gasteiger partial charge is 0.478 e. The van der Waals surface area contributed by atoms with Crippen LogP contribution in [0.2, 0.25) is 0 Å². The molecule has 0 heterocycles. The van der Waals surface area contributed by atoms with E-state index in [-0.39, 0.29) is 23.7 Å². The van der Waals surface area contributed by atoms with E-state index < -0.39 is 5.97 Å². The van der Waals surface area contributed by atoms with Crippen LogP contribution < -0.4 is 11.1 Å². The number of hydrogen-bond donors (Lipinski definition) is 3. The maximum absolute atomic E-state index is 11.8. The van der Waals surface area contributed by atoms with Gasteiger partial charge in [-0.2, -0.15) is 0 Å². The van der Waals surface area contributed by atoms with Crippen LogP contribution in [-0.2, 0) is 4.79 Å². The number of carbonyl (C=O) groups is 2. The van der Waals surface area contributed by atoms with Gasteiger partial charge >= 0.3 is 5.97 Å². The van der Waals surface area contributed by atoms with Crippen molar-refractivity contribution in [3.63, 3.8) is 0 Å². The topological polar surface area (TPSA) is 95.7 Å². The van der Waals surface area contributed by atoms with Crippen molar-refractivity contribution in [2.45, 2.75) is 13.8 Å². The number of hydrogen-bond acceptors (Lipinski definition) is 4. The summed E-state index contributed by atoms with van der Waals surface area (Å²) in [5.41, 5.74) is 6.35. The molecule has 0 spiro atoms. The van der Waals surface area contributed by atoms with E-state index in [4.69, 9.17) is 10.8 Å². The fourth-order valence-electron chi connectivity index (χ4n) is 1.72. The average Bonchev–Trinajstić information content (AvgIpc) is 2.38. The van der Waals surface area contributed by atoms with Gasteiger partial charge in [0, 0.05) is 24.5 Å². The van der Waals surface area contributed by atoms with Crippen molar-refractivity contribution in [1.29, 1.82) is 0 Å². The Kier molecular flexibility index (Phi) is 5.17. The van der Waals surface area contributed by atoms with Crippen molar-refractivity contribution in [2.75, 3.05) is 30.7 Å². The number of benzene rings is 1. The smallest absolute Gasteiger partial charge is 0.337 e. The molecular formula is C13H19N3O3. The summed E-state index contributed by atoms with van der Waals surface area (Å²) < 4.78 is 0. The monoisotopic (exact) mass is 265 g/mol. The van der Waals surface area contributed by atoms with Gasteiger partial charge in [-0.1, -0.05) is 0 Å². The molecule has 0 unspecified atom stereocenters. The van der Waals surface area contributed by atoms with Gasteiger partial charge in [0.2, 0.25) is 5.91 Å². The molecule has 0 radical (unpaired) electrons. The van der Waals surface area contributed by atoms with Crippen molar-refractivity contribution < 1.29 is 14.7 Å². The summed E-state index contributed by atoms with van der Waals surface area (Å²) in [4.78, 5) is 24.4. The molecule has 104 valence electrons. The standard InChI is InChI=1S/C13H19N3O3/c1-3-16(4-2)12(17)8-15-9-5-6-11(14)10(7-9)13(18)19/h5-7,15H,3-4,8,14H2,1-2H3,(H,18,19). The molecule has 19 heavy (non-hydrogen) atoms. The van der Waals surface area contributed by atoms with Crippen molar-refractivity contribution in [3.8, 4) is 0 Å². The number of anilines is 2. The molecule has 0 aliphatic rings. The third kappa shape index (κ3) is 3.87. The summed E-state index contributed by atoms with van der Waals surface area (Å²) >= 11 is 0. The van der Waals surface area contributed by atoms with E-state index in [1.807, 2.05) is 13.8 Å². The fraction of sp³-hybridized carbons (Fsp3) is 0.385. The Morgan fingerprint density at radius 2 is 1.95 bits per heavy atom. The first kappa shape index (κ1) is 14.8. The second-order valence-electron chi connectivity index (χ2n) is 4.03. The van der Waals surface area contributed by atoms with Gasteiger partial charge in [-0.15, -0.1) is 0 Å². The molecule has 0 saturated carbocycles. The van der Waals surface area contributed by atoms with Crippen molar-refractivity contribution in [3.05, 3.63) is 23.8 Å². The maximum Gasteiger partial charge on any atom is 0.337 e. The number of aromatic carboxylic acids is 1. The van der Waals surface area contributed by atoms with E-state index in [1.54, 1.807) is 11.0 Å². The van der Waals surface area contributed by atoms with E-state index in [9.17, 15) is 9.59 Å². The van der Waals surface area contributed by atoms with Crippen molar-refractivity contribution >= 4 is 23.3 Å². The van der Waals surface area contributed by atoms with Crippen LogP contribution in [0, 0.1) is 0 Å². The van der Waals surface area contributed by atoms with Crippen molar-refractivity contribution in [2.24, 2.45) is 0 Å². The molecule has 1 aromatic carbocycles. The highest BCUT2D eigenvalue weighted by atomic mass is 16.4. The summed E-state index contributed by atoms with van der Waals surface area (Å²) in [5, 5.41) is 11.9. The Morgan fingerprint density at radius 3 is 2.47 bits per heavy atom. The number of rotatable bonds is 6. The molecular weight excluding hydrogens is 246 g/mol. The van der Waals surface area contributed by atoms with Crippen LogP contribution >= 0.6 is 0 Å². The lowest BCUT2D eigenvalue weighted by Gasteiger charge is -2.19. The highest BCUT2D eigenvalue weighted by Crippen LogP contribution is 2.17. The Labute approximate surface area is 112 Å². The van der Waals surface area contributed by atoms with Crippen molar-refractivity contribution in [1.82, 2.24) is 4.90 Å². The SMILES string of the molecule is CCN(CC)C(=O)CNc1ccc(N)c(C(=O)O)c1. The van der Waals surface area contributed by atoms with E-state index in [0.29, 0.717) is 18.8 Å². The van der Waals surface area contributed by atoms with Crippen LogP contribution in [0.5, 0.6) is 0 Å². The molecule has 0 fully saturated rings. The molecule has 1 amide bonds. The lowest BCUT2D eigenvalue weighted by Crippen LogP contribution is -2.35. The van der Waals surface area contributed by atoms with E-state index in [2.05, 4.69) is 5.32 Å². The number of nitrogens with two attached hydrogens (primary N) is 1. The van der Waals surface area contributed by atoms with Gasteiger partial charge in [0.1, 0.15) is 0 Å². The minimum absolute atomic E-state index is 0.0280. The minimum Gasteiger partial charge on any atom is -0.478 e. The van der Waals surface area contributed by atoms with Gasteiger partial charge in [-0.05, 0) is 32.0 Å². The Bertz CT molecular complexity index is 470. The van der Waals surface area contributed by atoms with Crippen LogP contribution in [0.15, 0.2) is 18.2 Å². The Balaban J connectivity index is 2.71.